The zero-order valence-corrected chi connectivity index (χ0v) is 13.4. The van der Waals surface area contributed by atoms with Crippen LogP contribution in [0.5, 0.6) is 5.75 Å². The minimum Gasteiger partial charge on any atom is -0.424 e. The number of fused-ring (bicyclic) bond motifs is 1. The van der Waals surface area contributed by atoms with Gasteiger partial charge in [-0.3, -0.25) is 4.79 Å². The molecule has 0 fully saturated rings. The second kappa shape index (κ2) is 6.95. The third kappa shape index (κ3) is 3.42. The summed E-state index contributed by atoms with van der Waals surface area (Å²) in [5.74, 6) is -7.01. The molecule has 132 valence electrons. The molecular formula is C19H11F4NO2. The van der Waals surface area contributed by atoms with Crippen molar-refractivity contribution in [3.8, 4) is 5.75 Å². The highest BCUT2D eigenvalue weighted by Gasteiger charge is 2.17. The molecule has 0 atom stereocenters. The molecule has 3 nitrogen and oxygen atoms in total. The first kappa shape index (κ1) is 17.6. The number of esters is 1. The molecule has 0 spiro atoms. The van der Waals surface area contributed by atoms with Crippen molar-refractivity contribution in [1.82, 2.24) is 4.98 Å². The van der Waals surface area contributed by atoms with Crippen LogP contribution in [0, 0.1) is 23.3 Å². The molecule has 0 N–H and O–H groups in total. The van der Waals surface area contributed by atoms with E-state index >= 15 is 0 Å². The van der Waals surface area contributed by atoms with Crippen molar-refractivity contribution >= 4 is 29.0 Å². The molecule has 0 saturated carbocycles. The van der Waals surface area contributed by atoms with Crippen LogP contribution in [0.25, 0.3) is 23.1 Å². The van der Waals surface area contributed by atoms with Gasteiger partial charge in [-0.25, -0.2) is 22.5 Å². The smallest absolute Gasteiger partial charge is 0.308 e. The van der Waals surface area contributed by atoms with Crippen molar-refractivity contribution in [2.24, 2.45) is 0 Å². The number of para-hydroxylation sites is 1. The van der Waals surface area contributed by atoms with Gasteiger partial charge in [0.2, 0.25) is 0 Å². The summed E-state index contributed by atoms with van der Waals surface area (Å²) >= 11 is 0. The summed E-state index contributed by atoms with van der Waals surface area (Å²) in [5, 5.41) is 0.700. The lowest BCUT2D eigenvalue weighted by atomic mass is 10.1. The number of benzene rings is 2. The van der Waals surface area contributed by atoms with Gasteiger partial charge in [0.25, 0.3) is 0 Å². The Labute approximate surface area is 145 Å². The van der Waals surface area contributed by atoms with Crippen molar-refractivity contribution in [2.45, 2.75) is 6.92 Å². The summed E-state index contributed by atoms with van der Waals surface area (Å²) in [7, 11) is 0. The highest BCUT2D eigenvalue weighted by molar-refractivity contribution is 5.88. The van der Waals surface area contributed by atoms with E-state index in [9.17, 15) is 22.4 Å². The van der Waals surface area contributed by atoms with Gasteiger partial charge in [-0.1, -0.05) is 18.2 Å². The number of ether oxygens (including phenoxy) is 1. The van der Waals surface area contributed by atoms with Gasteiger partial charge in [0.05, 0.1) is 5.69 Å². The van der Waals surface area contributed by atoms with Crippen LogP contribution in [0.4, 0.5) is 17.6 Å². The van der Waals surface area contributed by atoms with E-state index in [1.54, 1.807) is 30.3 Å². The average Bonchev–Trinajstić information content (AvgIpc) is 2.61. The van der Waals surface area contributed by atoms with Gasteiger partial charge in [0.15, 0.2) is 29.0 Å². The molecule has 0 aliphatic heterocycles. The first-order valence-electron chi connectivity index (χ1n) is 7.46. The average molecular weight is 361 g/mol. The number of rotatable bonds is 3. The van der Waals surface area contributed by atoms with E-state index in [1.165, 1.54) is 13.0 Å². The molecule has 0 aliphatic carbocycles. The van der Waals surface area contributed by atoms with Gasteiger partial charge in [-0.05, 0) is 30.4 Å². The molecule has 2 aromatic carbocycles. The van der Waals surface area contributed by atoms with Crippen LogP contribution in [0.3, 0.4) is 0 Å². The summed E-state index contributed by atoms with van der Waals surface area (Å²) < 4.78 is 58.3. The first-order valence-corrected chi connectivity index (χ1v) is 7.46. The van der Waals surface area contributed by atoms with Crippen molar-refractivity contribution in [2.75, 3.05) is 0 Å². The van der Waals surface area contributed by atoms with Crippen LogP contribution in [0.2, 0.25) is 0 Å². The van der Waals surface area contributed by atoms with Gasteiger partial charge in [0.1, 0.15) is 5.52 Å². The lowest BCUT2D eigenvalue weighted by Gasteiger charge is -2.06. The van der Waals surface area contributed by atoms with Crippen molar-refractivity contribution in [1.29, 1.82) is 0 Å². The summed E-state index contributed by atoms with van der Waals surface area (Å²) in [6, 6.07) is 8.84. The minimum absolute atomic E-state index is 0.246. The van der Waals surface area contributed by atoms with Crippen LogP contribution >= 0.6 is 0 Å². The molecule has 26 heavy (non-hydrogen) atoms. The van der Waals surface area contributed by atoms with Crippen LogP contribution in [-0.2, 0) is 4.79 Å². The van der Waals surface area contributed by atoms with Gasteiger partial charge in [0, 0.05) is 17.9 Å². The van der Waals surface area contributed by atoms with E-state index in [1.807, 2.05) is 0 Å². The standard InChI is InChI=1S/C19H11F4NO2/c1-10(25)26-15-4-2-3-11-5-7-13(24-19(11)15)8-6-12-9-14(20)17(22)18(23)16(12)21/h2-9H,1H3/b8-6+. The molecular weight excluding hydrogens is 350 g/mol. The highest BCUT2D eigenvalue weighted by Crippen LogP contribution is 2.25. The van der Waals surface area contributed by atoms with Crippen LogP contribution in [0.1, 0.15) is 18.2 Å². The quantitative estimate of drug-likeness (QED) is 0.219. The highest BCUT2D eigenvalue weighted by atomic mass is 19.2. The van der Waals surface area contributed by atoms with Crippen LogP contribution in [0.15, 0.2) is 36.4 Å². The molecule has 0 amide bonds. The Morgan fingerprint density at radius 1 is 1.00 bits per heavy atom. The largest absolute Gasteiger partial charge is 0.424 e. The Bertz CT molecular complexity index is 1050. The fourth-order valence-corrected chi connectivity index (χ4v) is 2.35. The number of hydrogen-bond acceptors (Lipinski definition) is 3. The zero-order chi connectivity index (χ0) is 18.8. The summed E-state index contributed by atoms with van der Waals surface area (Å²) in [6.07, 6.45) is 2.38. The lowest BCUT2D eigenvalue weighted by Crippen LogP contribution is -2.02. The van der Waals surface area contributed by atoms with E-state index < -0.39 is 34.8 Å². The third-order valence-corrected chi connectivity index (χ3v) is 3.52. The topological polar surface area (TPSA) is 39.2 Å². The fourth-order valence-electron chi connectivity index (χ4n) is 2.35. The normalized spacial score (nSPS) is 11.3. The number of hydrogen-bond donors (Lipinski definition) is 0. The summed E-state index contributed by atoms with van der Waals surface area (Å²) in [5.41, 5.74) is 0.250. The van der Waals surface area contributed by atoms with E-state index in [4.69, 9.17) is 4.74 Å². The third-order valence-electron chi connectivity index (χ3n) is 3.52. The molecule has 0 unspecified atom stereocenters. The Hall–Kier alpha value is -3.22. The lowest BCUT2D eigenvalue weighted by molar-refractivity contribution is -0.131. The van der Waals surface area contributed by atoms with Gasteiger partial charge in [-0.2, -0.15) is 0 Å². The molecule has 0 bridgehead atoms. The monoisotopic (exact) mass is 361 g/mol. The van der Waals surface area contributed by atoms with Gasteiger partial charge >= 0.3 is 5.97 Å². The Kier molecular flexibility index (Phi) is 4.71. The second-order valence-corrected chi connectivity index (χ2v) is 5.38. The molecule has 0 aliphatic rings. The first-order chi connectivity index (χ1) is 12.4. The maximum absolute atomic E-state index is 13.7. The zero-order valence-electron chi connectivity index (χ0n) is 13.4. The van der Waals surface area contributed by atoms with E-state index in [0.717, 1.165) is 6.08 Å². The Morgan fingerprint density at radius 3 is 2.50 bits per heavy atom. The molecule has 3 aromatic rings. The summed E-state index contributed by atoms with van der Waals surface area (Å²) in [6.45, 7) is 1.25. The van der Waals surface area contributed by atoms with Crippen molar-refractivity contribution in [3.63, 3.8) is 0 Å². The number of aromatic nitrogens is 1. The maximum atomic E-state index is 13.7. The Morgan fingerprint density at radius 2 is 1.77 bits per heavy atom. The predicted molar refractivity (Wildman–Crippen MR) is 88.3 cm³/mol. The SMILES string of the molecule is CC(=O)Oc1cccc2ccc(/C=C/c3cc(F)c(F)c(F)c3F)nc12. The maximum Gasteiger partial charge on any atom is 0.308 e. The van der Waals surface area contributed by atoms with Crippen LogP contribution < -0.4 is 4.74 Å². The minimum atomic E-state index is -1.88. The van der Waals surface area contributed by atoms with E-state index in [-0.39, 0.29) is 5.75 Å². The van der Waals surface area contributed by atoms with E-state index in [2.05, 4.69) is 4.98 Å². The number of pyridine rings is 1. The summed E-state index contributed by atoms with van der Waals surface area (Å²) in [4.78, 5) is 15.5. The molecule has 0 radical (unpaired) electrons. The molecule has 0 saturated heterocycles. The molecule has 3 rings (SSSR count). The number of carbonyl (C=O) groups is 1. The van der Waals surface area contributed by atoms with Gasteiger partial charge < -0.3 is 4.74 Å². The van der Waals surface area contributed by atoms with Gasteiger partial charge in [-0.15, -0.1) is 0 Å². The molecule has 1 aromatic heterocycles. The van der Waals surface area contributed by atoms with Crippen molar-refractivity contribution < 1.29 is 27.1 Å². The molecule has 7 heteroatoms. The second-order valence-electron chi connectivity index (χ2n) is 5.38. The Balaban J connectivity index is 2.02. The number of nitrogens with zero attached hydrogens (tertiary/aromatic N) is 1. The van der Waals surface area contributed by atoms with Crippen molar-refractivity contribution in [3.05, 3.63) is 70.9 Å². The number of carbonyl (C=O) groups excluding carboxylic acids is 1. The predicted octanol–water partition coefficient (Wildman–Crippen LogP) is 4.89. The van der Waals surface area contributed by atoms with E-state index in [0.29, 0.717) is 22.7 Å². The van der Waals surface area contributed by atoms with Crippen LogP contribution in [-0.4, -0.2) is 11.0 Å². The number of halogens is 4. The molecule has 1 heterocycles. The fraction of sp³-hybridized carbons (Fsp3) is 0.0526.